The molecule has 0 saturated carbocycles. The summed E-state index contributed by atoms with van der Waals surface area (Å²) in [5.41, 5.74) is 8.50. The summed E-state index contributed by atoms with van der Waals surface area (Å²) >= 11 is 0. The van der Waals surface area contributed by atoms with Gasteiger partial charge in [-0.25, -0.2) is 0 Å². The predicted octanol–water partition coefficient (Wildman–Crippen LogP) is 1.22. The van der Waals surface area contributed by atoms with Gasteiger partial charge >= 0.3 is 0 Å². The molecule has 1 fully saturated rings. The van der Waals surface area contributed by atoms with Crippen LogP contribution in [0.1, 0.15) is 12.0 Å². The Balaban J connectivity index is 2.15. The molecule has 0 radical (unpaired) electrons. The Kier molecular flexibility index (Phi) is 2.73. The Labute approximate surface area is 95.4 Å². The summed E-state index contributed by atoms with van der Waals surface area (Å²) in [5.74, 6) is 0.154. The fourth-order valence-corrected chi connectivity index (χ4v) is 1.94. The van der Waals surface area contributed by atoms with Crippen LogP contribution in [0.15, 0.2) is 18.2 Å². The molecule has 1 aromatic carbocycles. The third kappa shape index (κ3) is 1.96. The van der Waals surface area contributed by atoms with Gasteiger partial charge < -0.3 is 16.0 Å². The summed E-state index contributed by atoms with van der Waals surface area (Å²) in [6.07, 6.45) is 0.851. The first-order valence-corrected chi connectivity index (χ1v) is 5.45. The number of nitrogens with zero attached hydrogens (tertiary/aromatic N) is 1. The first kappa shape index (κ1) is 10.8. The number of anilines is 2. The molecule has 16 heavy (non-hydrogen) atoms. The Morgan fingerprint density at radius 2 is 2.25 bits per heavy atom. The first-order chi connectivity index (χ1) is 7.58. The number of amides is 1. The number of likely N-dealkylation sites (tertiary alicyclic amines) is 1. The van der Waals surface area contributed by atoms with Crippen LogP contribution in [-0.4, -0.2) is 30.4 Å². The Morgan fingerprint density at radius 1 is 1.50 bits per heavy atom. The van der Waals surface area contributed by atoms with Crippen LogP contribution in [0.3, 0.4) is 0 Å². The smallest absolute Gasteiger partial charge is 0.244 e. The number of nitrogen functional groups attached to an aromatic ring is 1. The highest BCUT2D eigenvalue weighted by Gasteiger charge is 2.28. The molecule has 0 aromatic heterocycles. The standard InChI is InChI=1S/C12H17N3O/c1-8-3-4-9(13)7-11(8)14-10-5-6-15(2)12(10)16/h3-4,7,10,14H,5-6,13H2,1-2H3. The molecule has 0 spiro atoms. The van der Waals surface area contributed by atoms with E-state index in [0.717, 1.165) is 24.2 Å². The normalized spacial score (nSPS) is 20.2. The van der Waals surface area contributed by atoms with Gasteiger partial charge in [0.05, 0.1) is 0 Å². The van der Waals surface area contributed by atoms with E-state index in [9.17, 15) is 4.79 Å². The molecular formula is C12H17N3O. The summed E-state index contributed by atoms with van der Waals surface area (Å²) in [7, 11) is 1.83. The molecule has 1 aliphatic heterocycles. The van der Waals surface area contributed by atoms with Gasteiger partial charge in [-0.1, -0.05) is 6.07 Å². The SMILES string of the molecule is Cc1ccc(N)cc1NC1CCN(C)C1=O. The molecule has 1 unspecified atom stereocenters. The highest BCUT2D eigenvalue weighted by atomic mass is 16.2. The van der Waals surface area contributed by atoms with Crippen LogP contribution in [-0.2, 0) is 4.79 Å². The monoisotopic (exact) mass is 219 g/mol. The molecule has 0 aliphatic carbocycles. The molecule has 1 atom stereocenters. The van der Waals surface area contributed by atoms with Crippen LogP contribution in [0.2, 0.25) is 0 Å². The van der Waals surface area contributed by atoms with Crippen LogP contribution < -0.4 is 11.1 Å². The van der Waals surface area contributed by atoms with Crippen molar-refractivity contribution < 1.29 is 4.79 Å². The molecule has 1 aromatic rings. The molecule has 1 heterocycles. The van der Waals surface area contributed by atoms with Gasteiger partial charge in [0.1, 0.15) is 6.04 Å². The lowest BCUT2D eigenvalue weighted by Crippen LogP contribution is -2.31. The number of carbonyl (C=O) groups excluding carboxylic acids is 1. The Hall–Kier alpha value is -1.71. The van der Waals surface area contributed by atoms with Crippen LogP contribution in [0.4, 0.5) is 11.4 Å². The van der Waals surface area contributed by atoms with E-state index in [1.54, 1.807) is 4.90 Å². The minimum Gasteiger partial charge on any atom is -0.399 e. The largest absolute Gasteiger partial charge is 0.399 e. The summed E-state index contributed by atoms with van der Waals surface area (Å²) in [4.78, 5) is 13.5. The van der Waals surface area contributed by atoms with Gasteiger partial charge in [0.2, 0.25) is 5.91 Å². The van der Waals surface area contributed by atoms with Crippen molar-refractivity contribution >= 4 is 17.3 Å². The van der Waals surface area contributed by atoms with Crippen molar-refractivity contribution in [3.05, 3.63) is 23.8 Å². The van der Waals surface area contributed by atoms with Crippen molar-refractivity contribution in [2.24, 2.45) is 0 Å². The van der Waals surface area contributed by atoms with Crippen molar-refractivity contribution in [1.29, 1.82) is 0 Å². The van der Waals surface area contributed by atoms with Gasteiger partial charge in [0.25, 0.3) is 0 Å². The molecule has 4 heteroatoms. The maximum atomic E-state index is 11.7. The van der Waals surface area contributed by atoms with Gasteiger partial charge in [0, 0.05) is 25.0 Å². The van der Waals surface area contributed by atoms with Crippen LogP contribution >= 0.6 is 0 Å². The topological polar surface area (TPSA) is 58.4 Å². The van der Waals surface area contributed by atoms with Crippen molar-refractivity contribution in [3.8, 4) is 0 Å². The molecule has 1 aliphatic rings. The van der Waals surface area contributed by atoms with Gasteiger partial charge in [-0.2, -0.15) is 0 Å². The predicted molar refractivity (Wildman–Crippen MR) is 65.3 cm³/mol. The van der Waals surface area contributed by atoms with Crippen LogP contribution in [0.5, 0.6) is 0 Å². The van der Waals surface area contributed by atoms with Gasteiger partial charge in [-0.15, -0.1) is 0 Å². The van der Waals surface area contributed by atoms with Crippen molar-refractivity contribution in [2.75, 3.05) is 24.6 Å². The average molecular weight is 219 g/mol. The summed E-state index contributed by atoms with van der Waals surface area (Å²) in [6, 6.07) is 5.59. The first-order valence-electron chi connectivity index (χ1n) is 5.45. The number of nitrogens with one attached hydrogen (secondary N) is 1. The minimum atomic E-state index is -0.106. The third-order valence-corrected chi connectivity index (χ3v) is 3.02. The van der Waals surface area contributed by atoms with E-state index < -0.39 is 0 Å². The molecular weight excluding hydrogens is 202 g/mol. The molecule has 1 saturated heterocycles. The number of likely N-dealkylation sites (N-methyl/N-ethyl adjacent to an activating group) is 1. The van der Waals surface area contributed by atoms with E-state index in [-0.39, 0.29) is 11.9 Å². The molecule has 2 rings (SSSR count). The maximum Gasteiger partial charge on any atom is 0.244 e. The van der Waals surface area contributed by atoms with E-state index in [1.165, 1.54) is 0 Å². The second-order valence-electron chi connectivity index (χ2n) is 4.32. The zero-order valence-electron chi connectivity index (χ0n) is 9.66. The van der Waals surface area contributed by atoms with Gasteiger partial charge in [-0.3, -0.25) is 4.79 Å². The lowest BCUT2D eigenvalue weighted by Gasteiger charge is -2.15. The molecule has 4 nitrogen and oxygen atoms in total. The number of hydrogen-bond donors (Lipinski definition) is 2. The highest BCUT2D eigenvalue weighted by molar-refractivity contribution is 5.86. The molecule has 1 amide bonds. The summed E-state index contributed by atoms with van der Waals surface area (Å²) < 4.78 is 0. The summed E-state index contributed by atoms with van der Waals surface area (Å²) in [6.45, 7) is 2.82. The molecule has 0 bridgehead atoms. The Bertz CT molecular complexity index is 417. The fourth-order valence-electron chi connectivity index (χ4n) is 1.94. The second-order valence-corrected chi connectivity index (χ2v) is 4.32. The van der Waals surface area contributed by atoms with Gasteiger partial charge in [0.15, 0.2) is 0 Å². The summed E-state index contributed by atoms with van der Waals surface area (Å²) in [5, 5.41) is 3.26. The van der Waals surface area contributed by atoms with Crippen molar-refractivity contribution in [2.45, 2.75) is 19.4 Å². The molecule has 86 valence electrons. The van der Waals surface area contributed by atoms with E-state index in [2.05, 4.69) is 5.32 Å². The van der Waals surface area contributed by atoms with Gasteiger partial charge in [-0.05, 0) is 31.0 Å². The van der Waals surface area contributed by atoms with E-state index in [4.69, 9.17) is 5.73 Å². The number of aryl methyl sites for hydroxylation is 1. The average Bonchev–Trinajstić information content (AvgIpc) is 2.55. The number of carbonyl (C=O) groups is 1. The van der Waals surface area contributed by atoms with Crippen molar-refractivity contribution in [1.82, 2.24) is 4.90 Å². The lowest BCUT2D eigenvalue weighted by molar-refractivity contribution is -0.127. The number of hydrogen-bond acceptors (Lipinski definition) is 3. The number of benzene rings is 1. The van der Waals surface area contributed by atoms with Crippen LogP contribution in [0, 0.1) is 6.92 Å². The highest BCUT2D eigenvalue weighted by Crippen LogP contribution is 2.21. The van der Waals surface area contributed by atoms with E-state index in [1.807, 2.05) is 32.2 Å². The second kappa shape index (κ2) is 4.04. The number of nitrogens with two attached hydrogens (primary N) is 1. The number of rotatable bonds is 2. The zero-order valence-corrected chi connectivity index (χ0v) is 9.66. The maximum absolute atomic E-state index is 11.7. The van der Waals surface area contributed by atoms with E-state index >= 15 is 0 Å². The zero-order chi connectivity index (χ0) is 11.7. The van der Waals surface area contributed by atoms with Crippen LogP contribution in [0.25, 0.3) is 0 Å². The molecule has 3 N–H and O–H groups in total. The van der Waals surface area contributed by atoms with E-state index in [0.29, 0.717) is 5.69 Å². The third-order valence-electron chi connectivity index (χ3n) is 3.02. The quantitative estimate of drug-likeness (QED) is 0.735. The minimum absolute atomic E-state index is 0.106. The lowest BCUT2D eigenvalue weighted by atomic mass is 10.1. The Morgan fingerprint density at radius 3 is 2.88 bits per heavy atom. The van der Waals surface area contributed by atoms with Crippen molar-refractivity contribution in [3.63, 3.8) is 0 Å². The fraction of sp³-hybridized carbons (Fsp3) is 0.417.